The van der Waals surface area contributed by atoms with Gasteiger partial charge in [-0.3, -0.25) is 9.59 Å². The summed E-state index contributed by atoms with van der Waals surface area (Å²) in [6.07, 6.45) is 0. The Morgan fingerprint density at radius 2 is 1.12 bits per heavy atom. The Hall–Kier alpha value is -3.52. The van der Waals surface area contributed by atoms with Gasteiger partial charge >= 0.3 is 0 Å². The van der Waals surface area contributed by atoms with Gasteiger partial charge in [0, 0.05) is 26.9 Å². The molecule has 6 aromatic rings. The van der Waals surface area contributed by atoms with Gasteiger partial charge in [-0.2, -0.15) is 0 Å². The number of rotatable bonds is 0. The van der Waals surface area contributed by atoms with Gasteiger partial charge in [0.15, 0.2) is 10.9 Å². The van der Waals surface area contributed by atoms with Crippen molar-refractivity contribution in [1.82, 2.24) is 0 Å². The third-order valence-corrected chi connectivity index (χ3v) is 7.36. The standard InChI is InChI=1S/C32H28O2/c1-31(2,3)23-16-22-18-12-9-13-20-24(33)15-14-21(25(18)20)26-17-10-7-8-11-19(17)30(34)28(27(22)26)29(23)32(4,5)6/h7-16H,1-6H3. The van der Waals surface area contributed by atoms with Crippen LogP contribution in [-0.2, 0) is 10.8 Å². The first-order chi connectivity index (χ1) is 16.0. The predicted molar refractivity (Wildman–Crippen MR) is 146 cm³/mol. The van der Waals surface area contributed by atoms with E-state index in [0.29, 0.717) is 0 Å². The molecule has 0 aliphatic carbocycles. The Bertz CT molecular complexity index is 1900. The minimum absolute atomic E-state index is 0.0346. The summed E-state index contributed by atoms with van der Waals surface area (Å²) < 4.78 is 0. The van der Waals surface area contributed by atoms with E-state index in [1.807, 2.05) is 36.4 Å². The van der Waals surface area contributed by atoms with Crippen molar-refractivity contribution in [3.8, 4) is 0 Å². The van der Waals surface area contributed by atoms with Crippen LogP contribution in [0.4, 0.5) is 0 Å². The molecule has 0 amide bonds. The van der Waals surface area contributed by atoms with E-state index in [-0.39, 0.29) is 21.7 Å². The highest BCUT2D eigenvalue weighted by Crippen LogP contribution is 2.47. The number of hydrogen-bond donors (Lipinski definition) is 0. The summed E-state index contributed by atoms with van der Waals surface area (Å²) in [5.74, 6) is 0. The molecule has 34 heavy (non-hydrogen) atoms. The first kappa shape index (κ1) is 21.0. The van der Waals surface area contributed by atoms with E-state index in [1.165, 1.54) is 5.56 Å². The molecule has 0 spiro atoms. The van der Waals surface area contributed by atoms with Crippen molar-refractivity contribution in [1.29, 1.82) is 0 Å². The second-order valence-electron chi connectivity index (χ2n) is 11.7. The molecule has 6 aromatic carbocycles. The molecule has 168 valence electrons. The molecule has 0 aliphatic rings. The highest BCUT2D eigenvalue weighted by atomic mass is 16.1. The molecular weight excluding hydrogens is 416 g/mol. The van der Waals surface area contributed by atoms with Crippen LogP contribution in [0.1, 0.15) is 52.7 Å². The molecule has 0 saturated carbocycles. The van der Waals surface area contributed by atoms with E-state index in [1.54, 1.807) is 6.07 Å². The van der Waals surface area contributed by atoms with Crippen LogP contribution in [0.2, 0.25) is 0 Å². The Kier molecular flexibility index (Phi) is 4.05. The zero-order valence-electron chi connectivity index (χ0n) is 20.6. The Morgan fingerprint density at radius 3 is 1.79 bits per heavy atom. The normalized spacial score (nSPS) is 13.2. The fourth-order valence-corrected chi connectivity index (χ4v) is 6.01. The van der Waals surface area contributed by atoms with Crippen molar-refractivity contribution in [2.45, 2.75) is 52.4 Å². The van der Waals surface area contributed by atoms with Crippen molar-refractivity contribution in [2.75, 3.05) is 0 Å². The SMILES string of the molecule is CC(C)(C)c1cc2c3cccc4c(=O)ccc(c43)c3c4ccccc4c(=O)c(c1C(C)(C)C)c23. The molecule has 0 aliphatic heterocycles. The zero-order chi connectivity index (χ0) is 24.2. The van der Waals surface area contributed by atoms with Gasteiger partial charge in [-0.05, 0) is 67.1 Å². The van der Waals surface area contributed by atoms with Crippen LogP contribution >= 0.6 is 0 Å². The first-order valence-electron chi connectivity index (χ1n) is 12.0. The van der Waals surface area contributed by atoms with Gasteiger partial charge in [0.1, 0.15) is 0 Å². The third-order valence-electron chi connectivity index (χ3n) is 7.36. The molecule has 0 unspecified atom stereocenters. The van der Waals surface area contributed by atoms with Crippen molar-refractivity contribution < 1.29 is 0 Å². The summed E-state index contributed by atoms with van der Waals surface area (Å²) in [4.78, 5) is 27.1. The summed E-state index contributed by atoms with van der Waals surface area (Å²) in [7, 11) is 0. The summed E-state index contributed by atoms with van der Waals surface area (Å²) in [5, 5.41) is 9.52. The van der Waals surface area contributed by atoms with Crippen LogP contribution in [0.15, 0.2) is 70.3 Å². The Morgan fingerprint density at radius 1 is 0.500 bits per heavy atom. The van der Waals surface area contributed by atoms with Crippen LogP contribution in [0.3, 0.4) is 0 Å². The average molecular weight is 445 g/mol. The second-order valence-corrected chi connectivity index (χ2v) is 11.7. The van der Waals surface area contributed by atoms with E-state index < -0.39 is 0 Å². The first-order valence-corrected chi connectivity index (χ1v) is 12.0. The summed E-state index contributed by atoms with van der Waals surface area (Å²) in [6, 6.07) is 19.9. The maximum Gasteiger partial charge on any atom is 0.194 e. The average Bonchev–Trinajstić information content (AvgIpc) is 2.78. The van der Waals surface area contributed by atoms with Gasteiger partial charge in [0.2, 0.25) is 0 Å². The third kappa shape index (κ3) is 2.63. The highest BCUT2D eigenvalue weighted by molar-refractivity contribution is 6.38. The lowest BCUT2D eigenvalue weighted by molar-refractivity contribution is 0.535. The maximum atomic E-state index is 14.2. The van der Waals surface area contributed by atoms with Crippen LogP contribution in [0.25, 0.3) is 53.9 Å². The van der Waals surface area contributed by atoms with Crippen LogP contribution < -0.4 is 10.9 Å². The van der Waals surface area contributed by atoms with E-state index in [2.05, 4.69) is 59.7 Å². The quantitative estimate of drug-likeness (QED) is 0.178. The minimum atomic E-state index is -0.217. The topological polar surface area (TPSA) is 34.1 Å². The van der Waals surface area contributed by atoms with Gasteiger partial charge < -0.3 is 0 Å². The highest BCUT2D eigenvalue weighted by Gasteiger charge is 2.31. The van der Waals surface area contributed by atoms with E-state index >= 15 is 0 Å². The number of benzene rings is 6. The lowest BCUT2D eigenvalue weighted by atomic mass is 9.71. The molecule has 0 bridgehead atoms. The molecule has 0 N–H and O–H groups in total. The second kappa shape index (κ2) is 6.54. The number of hydrogen-bond acceptors (Lipinski definition) is 2. The van der Waals surface area contributed by atoms with E-state index in [4.69, 9.17) is 0 Å². The fourth-order valence-electron chi connectivity index (χ4n) is 6.01. The molecular formula is C32H28O2. The largest absolute Gasteiger partial charge is 0.289 e. The number of fused-ring (bicyclic) bond motifs is 4. The Balaban J connectivity index is 2.14. The summed E-state index contributed by atoms with van der Waals surface area (Å²) >= 11 is 0. The van der Waals surface area contributed by atoms with Crippen LogP contribution in [0.5, 0.6) is 0 Å². The van der Waals surface area contributed by atoms with Crippen molar-refractivity contribution in [2.24, 2.45) is 0 Å². The molecule has 0 radical (unpaired) electrons. The van der Waals surface area contributed by atoms with Crippen molar-refractivity contribution >= 4 is 53.9 Å². The molecule has 0 atom stereocenters. The predicted octanol–water partition coefficient (Wildman–Crippen LogP) is 7.64. The molecule has 0 heterocycles. The Labute approximate surface area is 198 Å². The van der Waals surface area contributed by atoms with Gasteiger partial charge in [-0.25, -0.2) is 0 Å². The van der Waals surface area contributed by atoms with Gasteiger partial charge in [-0.1, -0.05) is 84.0 Å². The van der Waals surface area contributed by atoms with E-state index in [9.17, 15) is 9.59 Å². The van der Waals surface area contributed by atoms with Crippen molar-refractivity contribution in [3.05, 3.63) is 92.2 Å². The van der Waals surface area contributed by atoms with Gasteiger partial charge in [-0.15, -0.1) is 0 Å². The van der Waals surface area contributed by atoms with Gasteiger partial charge in [0.05, 0.1) is 0 Å². The molecule has 0 fully saturated rings. The zero-order valence-corrected chi connectivity index (χ0v) is 20.6. The molecule has 2 nitrogen and oxygen atoms in total. The molecule has 0 aromatic heterocycles. The molecule has 0 saturated heterocycles. The van der Waals surface area contributed by atoms with Crippen LogP contribution in [0, 0.1) is 0 Å². The summed E-state index contributed by atoms with van der Waals surface area (Å²) in [5.41, 5.74) is 2.09. The van der Waals surface area contributed by atoms with Crippen LogP contribution in [-0.4, -0.2) is 0 Å². The van der Waals surface area contributed by atoms with Gasteiger partial charge in [0.25, 0.3) is 0 Å². The van der Waals surface area contributed by atoms with Crippen molar-refractivity contribution in [3.63, 3.8) is 0 Å². The monoisotopic (exact) mass is 444 g/mol. The minimum Gasteiger partial charge on any atom is -0.289 e. The fraction of sp³-hybridized carbons (Fsp3) is 0.250. The smallest absolute Gasteiger partial charge is 0.194 e. The lowest BCUT2D eigenvalue weighted by Gasteiger charge is -2.32. The maximum absolute atomic E-state index is 14.2. The lowest BCUT2D eigenvalue weighted by Crippen LogP contribution is -2.25. The van der Waals surface area contributed by atoms with E-state index in [0.717, 1.165) is 59.4 Å². The molecule has 6 rings (SSSR count). The summed E-state index contributed by atoms with van der Waals surface area (Å²) in [6.45, 7) is 13.3. The molecule has 2 heteroatoms.